The van der Waals surface area contributed by atoms with Gasteiger partial charge in [0.05, 0.1) is 0 Å². The second kappa shape index (κ2) is 9.76. The van der Waals surface area contributed by atoms with Gasteiger partial charge in [0.15, 0.2) is 0 Å². The summed E-state index contributed by atoms with van der Waals surface area (Å²) in [5.41, 5.74) is 0. The van der Waals surface area contributed by atoms with Crippen LogP contribution in [0.25, 0.3) is 0 Å². The number of aliphatic hydroxyl groups excluding tert-OH is 1. The van der Waals surface area contributed by atoms with Crippen LogP contribution in [0.4, 0.5) is 0 Å². The summed E-state index contributed by atoms with van der Waals surface area (Å²) in [5.74, 6) is 1.60. The molecule has 1 fully saturated rings. The molecule has 0 aromatic carbocycles. The molecule has 1 heterocycles. The molecule has 18 heavy (non-hydrogen) atoms. The van der Waals surface area contributed by atoms with Gasteiger partial charge in [-0.2, -0.15) is 0 Å². The van der Waals surface area contributed by atoms with Gasteiger partial charge < -0.3 is 15.3 Å². The summed E-state index contributed by atoms with van der Waals surface area (Å²) in [6.45, 7) is 11.0. The third-order valence-electron chi connectivity index (χ3n) is 3.72. The van der Waals surface area contributed by atoms with E-state index in [1.165, 1.54) is 51.9 Å². The van der Waals surface area contributed by atoms with E-state index in [2.05, 4.69) is 24.1 Å². The molecule has 0 radical (unpaired) electrons. The molecular weight excluding hydrogens is 224 g/mol. The van der Waals surface area contributed by atoms with Gasteiger partial charge in [0.2, 0.25) is 0 Å². The third kappa shape index (κ3) is 7.34. The summed E-state index contributed by atoms with van der Waals surface area (Å²) in [7, 11) is 0. The van der Waals surface area contributed by atoms with Gasteiger partial charge in [-0.15, -0.1) is 0 Å². The Balaban J connectivity index is 2.08. The molecule has 1 saturated heterocycles. The maximum atomic E-state index is 8.77. The van der Waals surface area contributed by atoms with Crippen LogP contribution in [0.5, 0.6) is 0 Å². The Morgan fingerprint density at radius 2 is 2.11 bits per heavy atom. The average Bonchev–Trinajstić information content (AvgIpc) is 2.35. The highest BCUT2D eigenvalue weighted by molar-refractivity contribution is 4.74. The van der Waals surface area contributed by atoms with E-state index in [0.717, 1.165) is 24.8 Å². The van der Waals surface area contributed by atoms with E-state index in [4.69, 9.17) is 5.11 Å². The van der Waals surface area contributed by atoms with Crippen molar-refractivity contribution in [3.05, 3.63) is 0 Å². The van der Waals surface area contributed by atoms with Crippen molar-refractivity contribution >= 4 is 0 Å². The molecule has 0 aromatic heterocycles. The van der Waals surface area contributed by atoms with Crippen molar-refractivity contribution in [2.75, 3.05) is 39.3 Å². The molecule has 1 aliphatic rings. The van der Waals surface area contributed by atoms with E-state index >= 15 is 0 Å². The zero-order valence-corrected chi connectivity index (χ0v) is 12.3. The summed E-state index contributed by atoms with van der Waals surface area (Å²) in [6.07, 6.45) is 6.12. The molecular formula is C15H32N2O. The van der Waals surface area contributed by atoms with E-state index in [1.54, 1.807) is 0 Å². The molecule has 1 aliphatic heterocycles. The van der Waals surface area contributed by atoms with Crippen LogP contribution in [0, 0.1) is 11.8 Å². The Morgan fingerprint density at radius 1 is 1.28 bits per heavy atom. The maximum absolute atomic E-state index is 8.77. The molecule has 0 saturated carbocycles. The highest BCUT2D eigenvalue weighted by atomic mass is 16.2. The summed E-state index contributed by atoms with van der Waals surface area (Å²) < 4.78 is 0. The molecule has 108 valence electrons. The Bertz CT molecular complexity index is 197. The number of hydrogen-bond donors (Lipinski definition) is 2. The molecule has 0 bridgehead atoms. The summed E-state index contributed by atoms with van der Waals surface area (Å²) >= 11 is 0. The number of hydrogen-bond acceptors (Lipinski definition) is 3. The van der Waals surface area contributed by atoms with Crippen LogP contribution in [0.15, 0.2) is 0 Å². The Morgan fingerprint density at radius 3 is 2.83 bits per heavy atom. The van der Waals surface area contributed by atoms with Crippen molar-refractivity contribution in [3.8, 4) is 0 Å². The quantitative estimate of drug-likeness (QED) is 0.620. The number of rotatable bonds is 9. The predicted molar refractivity (Wildman–Crippen MR) is 77.8 cm³/mol. The van der Waals surface area contributed by atoms with E-state index in [9.17, 15) is 0 Å². The van der Waals surface area contributed by atoms with Gasteiger partial charge in [-0.05, 0) is 70.1 Å². The van der Waals surface area contributed by atoms with Gasteiger partial charge in [0.1, 0.15) is 0 Å². The number of aliphatic hydroxyl groups is 1. The fourth-order valence-electron chi connectivity index (χ4n) is 2.72. The first-order valence-corrected chi connectivity index (χ1v) is 7.76. The van der Waals surface area contributed by atoms with E-state index < -0.39 is 0 Å². The standard InChI is InChI=1S/C15H32N2O/c1-14(2)11-16-12-15-7-6-9-17(13-15)8-4-3-5-10-18/h14-16,18H,3-13H2,1-2H3. The first kappa shape index (κ1) is 15.9. The minimum Gasteiger partial charge on any atom is -0.396 e. The molecule has 3 heteroatoms. The van der Waals surface area contributed by atoms with Crippen LogP contribution in [-0.2, 0) is 0 Å². The van der Waals surface area contributed by atoms with E-state index in [-0.39, 0.29) is 0 Å². The second-order valence-electron chi connectivity index (χ2n) is 6.15. The Labute approximate surface area is 113 Å². The SMILES string of the molecule is CC(C)CNCC1CCCN(CCCCCO)C1. The van der Waals surface area contributed by atoms with E-state index in [1.807, 2.05) is 0 Å². The zero-order chi connectivity index (χ0) is 13.2. The smallest absolute Gasteiger partial charge is 0.0431 e. The summed E-state index contributed by atoms with van der Waals surface area (Å²) in [4.78, 5) is 2.61. The van der Waals surface area contributed by atoms with Gasteiger partial charge >= 0.3 is 0 Å². The van der Waals surface area contributed by atoms with Gasteiger partial charge in [0, 0.05) is 13.2 Å². The van der Waals surface area contributed by atoms with Crippen LogP contribution in [0.3, 0.4) is 0 Å². The minimum atomic E-state index is 0.349. The lowest BCUT2D eigenvalue weighted by atomic mass is 9.97. The maximum Gasteiger partial charge on any atom is 0.0431 e. The first-order valence-electron chi connectivity index (χ1n) is 7.76. The lowest BCUT2D eigenvalue weighted by molar-refractivity contribution is 0.167. The molecule has 1 unspecified atom stereocenters. The molecule has 0 aromatic rings. The van der Waals surface area contributed by atoms with Crippen LogP contribution >= 0.6 is 0 Å². The van der Waals surface area contributed by atoms with Crippen molar-refractivity contribution < 1.29 is 5.11 Å². The largest absolute Gasteiger partial charge is 0.396 e. The van der Waals surface area contributed by atoms with Crippen molar-refractivity contribution in [2.45, 2.75) is 46.0 Å². The fourth-order valence-corrected chi connectivity index (χ4v) is 2.72. The Kier molecular flexibility index (Phi) is 8.64. The number of nitrogens with one attached hydrogen (secondary N) is 1. The van der Waals surface area contributed by atoms with Gasteiger partial charge in [0.25, 0.3) is 0 Å². The summed E-state index contributed by atoms with van der Waals surface area (Å²) in [5, 5.41) is 12.4. The molecule has 0 spiro atoms. The zero-order valence-electron chi connectivity index (χ0n) is 12.3. The molecule has 1 rings (SSSR count). The highest BCUT2D eigenvalue weighted by Crippen LogP contribution is 2.16. The topological polar surface area (TPSA) is 35.5 Å². The molecule has 2 N–H and O–H groups in total. The molecule has 0 aliphatic carbocycles. The number of unbranched alkanes of at least 4 members (excludes halogenated alkanes) is 2. The highest BCUT2D eigenvalue weighted by Gasteiger charge is 2.18. The monoisotopic (exact) mass is 256 g/mol. The van der Waals surface area contributed by atoms with Gasteiger partial charge in [-0.25, -0.2) is 0 Å². The lowest BCUT2D eigenvalue weighted by Crippen LogP contribution is -2.40. The average molecular weight is 256 g/mol. The molecule has 3 nitrogen and oxygen atoms in total. The van der Waals surface area contributed by atoms with Crippen molar-refractivity contribution in [1.82, 2.24) is 10.2 Å². The van der Waals surface area contributed by atoms with Crippen LogP contribution in [0.1, 0.15) is 46.0 Å². The third-order valence-corrected chi connectivity index (χ3v) is 3.72. The predicted octanol–water partition coefficient (Wildman–Crippen LogP) is 2.11. The van der Waals surface area contributed by atoms with E-state index in [0.29, 0.717) is 6.61 Å². The van der Waals surface area contributed by atoms with Crippen LogP contribution in [0.2, 0.25) is 0 Å². The van der Waals surface area contributed by atoms with Crippen LogP contribution < -0.4 is 5.32 Å². The molecule has 0 amide bonds. The lowest BCUT2D eigenvalue weighted by Gasteiger charge is -2.33. The number of piperidine rings is 1. The Hall–Kier alpha value is -0.120. The van der Waals surface area contributed by atoms with Gasteiger partial charge in [-0.1, -0.05) is 13.8 Å². The normalized spacial score (nSPS) is 21.7. The number of nitrogens with zero attached hydrogens (tertiary/aromatic N) is 1. The van der Waals surface area contributed by atoms with Crippen molar-refractivity contribution in [2.24, 2.45) is 11.8 Å². The van der Waals surface area contributed by atoms with Crippen LogP contribution in [-0.4, -0.2) is 49.3 Å². The minimum absolute atomic E-state index is 0.349. The second-order valence-corrected chi connectivity index (χ2v) is 6.15. The summed E-state index contributed by atoms with van der Waals surface area (Å²) in [6, 6.07) is 0. The first-order chi connectivity index (χ1) is 8.72. The van der Waals surface area contributed by atoms with Crippen molar-refractivity contribution in [3.63, 3.8) is 0 Å². The van der Waals surface area contributed by atoms with Crippen molar-refractivity contribution in [1.29, 1.82) is 0 Å². The molecule has 1 atom stereocenters. The van der Waals surface area contributed by atoms with Gasteiger partial charge in [-0.3, -0.25) is 0 Å². The fraction of sp³-hybridized carbons (Fsp3) is 1.00. The number of likely N-dealkylation sites (tertiary alicyclic amines) is 1.